The maximum Gasteiger partial charge on any atom is 0.0931 e. The van der Waals surface area contributed by atoms with Crippen molar-refractivity contribution in [1.82, 2.24) is 5.32 Å². The third-order valence-corrected chi connectivity index (χ3v) is 3.55. The van der Waals surface area contributed by atoms with Crippen molar-refractivity contribution < 1.29 is 0 Å². The molecular weight excluding hydrogens is 202 g/mol. The molecular formula is C10H16ClNS. The van der Waals surface area contributed by atoms with Crippen LogP contribution in [0.15, 0.2) is 12.1 Å². The van der Waals surface area contributed by atoms with Gasteiger partial charge in [0.1, 0.15) is 0 Å². The molecule has 1 N–H and O–H groups in total. The Morgan fingerprint density at radius 1 is 1.46 bits per heavy atom. The topological polar surface area (TPSA) is 12.0 Å². The van der Waals surface area contributed by atoms with Crippen LogP contribution in [0.2, 0.25) is 4.34 Å². The Bertz CT molecular complexity index is 257. The molecule has 0 saturated heterocycles. The Labute approximate surface area is 89.1 Å². The van der Waals surface area contributed by atoms with E-state index in [2.05, 4.69) is 25.2 Å². The fourth-order valence-corrected chi connectivity index (χ4v) is 2.75. The van der Waals surface area contributed by atoms with Gasteiger partial charge in [-0.05, 0) is 25.1 Å². The third kappa shape index (κ3) is 2.97. The molecule has 0 bridgehead atoms. The molecule has 1 aromatic rings. The molecule has 1 rings (SSSR count). The predicted molar refractivity (Wildman–Crippen MR) is 60.8 cm³/mol. The molecule has 0 aliphatic rings. The Kier molecular flexibility index (Phi) is 4.23. The Balaban J connectivity index is 2.75. The summed E-state index contributed by atoms with van der Waals surface area (Å²) in [6.07, 6.45) is 0. The molecule has 0 saturated carbocycles. The second kappa shape index (κ2) is 4.99. The first kappa shape index (κ1) is 11.0. The van der Waals surface area contributed by atoms with E-state index in [1.807, 2.05) is 13.1 Å². The van der Waals surface area contributed by atoms with E-state index in [0.29, 0.717) is 11.8 Å². The lowest BCUT2D eigenvalue weighted by atomic mass is 9.94. The number of nitrogens with one attached hydrogen (secondary N) is 1. The molecule has 0 aromatic carbocycles. The van der Waals surface area contributed by atoms with Gasteiger partial charge in [-0.2, -0.15) is 0 Å². The molecule has 3 heteroatoms. The van der Waals surface area contributed by atoms with Crippen LogP contribution < -0.4 is 5.32 Å². The third-order valence-electron chi connectivity index (χ3n) is 2.19. The highest BCUT2D eigenvalue weighted by molar-refractivity contribution is 7.16. The molecule has 1 unspecified atom stereocenters. The lowest BCUT2D eigenvalue weighted by molar-refractivity contribution is 0.485. The quantitative estimate of drug-likeness (QED) is 0.816. The molecule has 0 radical (unpaired) electrons. The van der Waals surface area contributed by atoms with Gasteiger partial charge >= 0.3 is 0 Å². The number of rotatable bonds is 4. The monoisotopic (exact) mass is 217 g/mol. The van der Waals surface area contributed by atoms with Crippen LogP contribution in [-0.2, 0) is 0 Å². The maximum absolute atomic E-state index is 5.91. The van der Waals surface area contributed by atoms with E-state index in [9.17, 15) is 0 Å². The maximum atomic E-state index is 5.91. The Morgan fingerprint density at radius 2 is 2.15 bits per heavy atom. The molecule has 0 amide bonds. The van der Waals surface area contributed by atoms with Crippen LogP contribution in [0.3, 0.4) is 0 Å². The van der Waals surface area contributed by atoms with Gasteiger partial charge in [-0.3, -0.25) is 0 Å². The first-order valence-corrected chi connectivity index (χ1v) is 5.74. The summed E-state index contributed by atoms with van der Waals surface area (Å²) in [4.78, 5) is 1.38. The molecule has 1 nitrogen and oxygen atoms in total. The van der Waals surface area contributed by atoms with E-state index in [1.165, 1.54) is 4.88 Å². The summed E-state index contributed by atoms with van der Waals surface area (Å²) >= 11 is 7.60. The van der Waals surface area contributed by atoms with E-state index in [4.69, 9.17) is 11.6 Å². The van der Waals surface area contributed by atoms with Crippen LogP contribution in [-0.4, -0.2) is 13.6 Å². The molecule has 0 spiro atoms. The van der Waals surface area contributed by atoms with Gasteiger partial charge in [0.05, 0.1) is 4.34 Å². The summed E-state index contributed by atoms with van der Waals surface area (Å²) in [5.41, 5.74) is 0. The zero-order chi connectivity index (χ0) is 9.84. The van der Waals surface area contributed by atoms with Crippen LogP contribution in [0, 0.1) is 5.92 Å². The van der Waals surface area contributed by atoms with Crippen molar-refractivity contribution in [2.75, 3.05) is 13.6 Å². The van der Waals surface area contributed by atoms with Crippen molar-refractivity contribution in [2.24, 2.45) is 5.92 Å². The minimum absolute atomic E-state index is 0.586. The molecule has 1 heterocycles. The lowest BCUT2D eigenvalue weighted by Crippen LogP contribution is -2.20. The minimum Gasteiger partial charge on any atom is -0.319 e. The van der Waals surface area contributed by atoms with E-state index >= 15 is 0 Å². The van der Waals surface area contributed by atoms with Crippen LogP contribution in [0.25, 0.3) is 0 Å². The standard InChI is InChI=1S/C10H16ClNS/c1-7(2)8(6-12-3)9-4-5-10(11)13-9/h4-5,7-8,12H,6H2,1-3H3. The summed E-state index contributed by atoms with van der Waals surface area (Å²) < 4.78 is 0.886. The number of hydrogen-bond acceptors (Lipinski definition) is 2. The first-order valence-electron chi connectivity index (χ1n) is 4.55. The molecule has 0 fully saturated rings. The van der Waals surface area contributed by atoms with Gasteiger partial charge in [0.2, 0.25) is 0 Å². The summed E-state index contributed by atoms with van der Waals surface area (Å²) in [5.74, 6) is 1.24. The van der Waals surface area contributed by atoms with Crippen LogP contribution in [0.5, 0.6) is 0 Å². The van der Waals surface area contributed by atoms with Crippen molar-refractivity contribution in [3.63, 3.8) is 0 Å². The highest BCUT2D eigenvalue weighted by Crippen LogP contribution is 2.32. The predicted octanol–water partition coefficient (Wildman–Crippen LogP) is 3.36. The van der Waals surface area contributed by atoms with Gasteiger partial charge in [-0.25, -0.2) is 0 Å². The zero-order valence-electron chi connectivity index (χ0n) is 8.30. The van der Waals surface area contributed by atoms with Gasteiger partial charge in [0.15, 0.2) is 0 Å². The average molecular weight is 218 g/mol. The van der Waals surface area contributed by atoms with Crippen LogP contribution in [0.4, 0.5) is 0 Å². The highest BCUT2D eigenvalue weighted by atomic mass is 35.5. The van der Waals surface area contributed by atoms with Crippen molar-refractivity contribution >= 4 is 22.9 Å². The molecule has 13 heavy (non-hydrogen) atoms. The lowest BCUT2D eigenvalue weighted by Gasteiger charge is -2.18. The van der Waals surface area contributed by atoms with Crippen molar-refractivity contribution in [1.29, 1.82) is 0 Å². The van der Waals surface area contributed by atoms with Gasteiger partial charge in [-0.1, -0.05) is 25.4 Å². The number of hydrogen-bond donors (Lipinski definition) is 1. The van der Waals surface area contributed by atoms with E-state index in [1.54, 1.807) is 11.3 Å². The number of halogens is 1. The van der Waals surface area contributed by atoms with E-state index in [0.717, 1.165) is 10.9 Å². The fourth-order valence-electron chi connectivity index (χ4n) is 1.41. The minimum atomic E-state index is 0.586. The second-order valence-corrected chi connectivity index (χ2v) is 5.30. The van der Waals surface area contributed by atoms with Gasteiger partial charge in [0, 0.05) is 17.3 Å². The van der Waals surface area contributed by atoms with Crippen LogP contribution in [0.1, 0.15) is 24.6 Å². The number of thiophene rings is 1. The van der Waals surface area contributed by atoms with Crippen LogP contribution >= 0.6 is 22.9 Å². The summed E-state index contributed by atoms with van der Waals surface area (Å²) in [7, 11) is 1.99. The molecule has 1 atom stereocenters. The van der Waals surface area contributed by atoms with Crippen molar-refractivity contribution in [3.05, 3.63) is 21.3 Å². The summed E-state index contributed by atoms with van der Waals surface area (Å²) in [6.45, 7) is 5.51. The SMILES string of the molecule is CNCC(c1ccc(Cl)s1)C(C)C. The van der Waals surface area contributed by atoms with E-state index in [-0.39, 0.29) is 0 Å². The second-order valence-electron chi connectivity index (χ2n) is 3.55. The van der Waals surface area contributed by atoms with Gasteiger partial charge < -0.3 is 5.32 Å². The van der Waals surface area contributed by atoms with Crippen molar-refractivity contribution in [2.45, 2.75) is 19.8 Å². The van der Waals surface area contributed by atoms with Gasteiger partial charge in [0.25, 0.3) is 0 Å². The average Bonchev–Trinajstić information content (AvgIpc) is 2.46. The van der Waals surface area contributed by atoms with Crippen molar-refractivity contribution in [3.8, 4) is 0 Å². The zero-order valence-corrected chi connectivity index (χ0v) is 9.88. The number of likely N-dealkylation sites (N-methyl/N-ethyl adjacent to an activating group) is 1. The summed E-state index contributed by atoms with van der Waals surface area (Å²) in [5, 5.41) is 3.22. The summed E-state index contributed by atoms with van der Waals surface area (Å²) in [6, 6.07) is 4.11. The largest absolute Gasteiger partial charge is 0.319 e. The Morgan fingerprint density at radius 3 is 2.54 bits per heavy atom. The molecule has 1 aromatic heterocycles. The highest BCUT2D eigenvalue weighted by Gasteiger charge is 2.16. The molecule has 0 aliphatic heterocycles. The molecule has 74 valence electrons. The Hall–Kier alpha value is -0.0500. The normalized spacial score (nSPS) is 13.6. The smallest absolute Gasteiger partial charge is 0.0931 e. The fraction of sp³-hybridized carbons (Fsp3) is 0.600. The van der Waals surface area contributed by atoms with Gasteiger partial charge in [-0.15, -0.1) is 11.3 Å². The van der Waals surface area contributed by atoms with E-state index < -0.39 is 0 Å². The molecule has 0 aliphatic carbocycles. The first-order chi connectivity index (χ1) is 6.15.